The number of methoxy groups -OCH3 is 1. The Morgan fingerprint density at radius 1 is 1.29 bits per heavy atom. The summed E-state index contributed by atoms with van der Waals surface area (Å²) in [6.07, 6.45) is 1.45. The van der Waals surface area contributed by atoms with Crippen LogP contribution in [0.25, 0.3) is 0 Å². The number of benzene rings is 1. The molecule has 138 valence electrons. The average molecular weight is 388 g/mol. The van der Waals surface area contributed by atoms with Crippen LogP contribution in [0.1, 0.15) is 13.3 Å². The largest absolute Gasteiger partial charge is 0.741 e. The third-order valence-electron chi connectivity index (χ3n) is 3.15. The molecule has 0 bridgehead atoms. The molecular formula is C14H19F3O5S2. The summed E-state index contributed by atoms with van der Waals surface area (Å²) in [7, 11) is -4.02. The summed E-state index contributed by atoms with van der Waals surface area (Å²) < 4.78 is 69.8. The molecule has 0 saturated carbocycles. The minimum absolute atomic E-state index is 0.0793. The second-order valence-electron chi connectivity index (χ2n) is 4.93. The van der Waals surface area contributed by atoms with Gasteiger partial charge in [0.25, 0.3) is 0 Å². The maximum atomic E-state index is 10.7. The van der Waals surface area contributed by atoms with Gasteiger partial charge >= 0.3 is 5.51 Å². The normalized spacial score (nSPS) is 22.6. The quantitative estimate of drug-likeness (QED) is 0.343. The first-order chi connectivity index (χ1) is 11.0. The zero-order valence-electron chi connectivity index (χ0n) is 13.2. The third-order valence-corrected chi connectivity index (χ3v) is 6.16. The van der Waals surface area contributed by atoms with Gasteiger partial charge in [0.1, 0.15) is 17.6 Å². The van der Waals surface area contributed by atoms with Crippen LogP contribution >= 0.6 is 0 Å². The molecule has 24 heavy (non-hydrogen) atoms. The summed E-state index contributed by atoms with van der Waals surface area (Å²) in [5.74, 6) is 2.41. The highest BCUT2D eigenvalue weighted by Crippen LogP contribution is 2.25. The van der Waals surface area contributed by atoms with Crippen LogP contribution in [-0.2, 0) is 30.5 Å². The molecule has 0 spiro atoms. The predicted octanol–water partition coefficient (Wildman–Crippen LogP) is 2.50. The summed E-state index contributed by atoms with van der Waals surface area (Å²) in [6.45, 7) is 1.96. The summed E-state index contributed by atoms with van der Waals surface area (Å²) in [5, 5.41) is 0. The van der Waals surface area contributed by atoms with E-state index in [4.69, 9.17) is 22.4 Å². The maximum Gasteiger partial charge on any atom is 0.485 e. The zero-order chi connectivity index (χ0) is 18.4. The molecule has 1 aromatic rings. The fourth-order valence-corrected chi connectivity index (χ4v) is 4.30. The number of hydrogen-bond donors (Lipinski definition) is 0. The van der Waals surface area contributed by atoms with Gasteiger partial charge in [-0.15, -0.1) is 0 Å². The fourth-order valence-electron chi connectivity index (χ4n) is 1.93. The maximum absolute atomic E-state index is 10.7. The smallest absolute Gasteiger partial charge is 0.485 e. The average Bonchev–Trinajstić information content (AvgIpc) is 2.95. The van der Waals surface area contributed by atoms with Crippen LogP contribution in [0.3, 0.4) is 0 Å². The van der Waals surface area contributed by atoms with E-state index in [1.807, 2.05) is 6.92 Å². The Hall–Kier alpha value is -0.810. The number of alkyl halides is 3. The van der Waals surface area contributed by atoms with Crippen molar-refractivity contribution in [2.45, 2.75) is 36.1 Å². The lowest BCUT2D eigenvalue weighted by Gasteiger charge is -2.14. The summed E-state index contributed by atoms with van der Waals surface area (Å²) in [6, 6.07) is 10.8. The molecule has 0 amide bonds. The molecular weight excluding hydrogens is 369 g/mol. The summed E-state index contributed by atoms with van der Waals surface area (Å²) in [4.78, 5) is 1.47. The van der Waals surface area contributed by atoms with Crippen molar-refractivity contribution in [2.75, 3.05) is 18.6 Å². The van der Waals surface area contributed by atoms with Crippen molar-refractivity contribution in [3.8, 4) is 0 Å². The minimum Gasteiger partial charge on any atom is -0.741 e. The second-order valence-corrected chi connectivity index (χ2v) is 8.50. The van der Waals surface area contributed by atoms with Crippen LogP contribution in [0.4, 0.5) is 13.2 Å². The van der Waals surface area contributed by atoms with Crippen LogP contribution in [0, 0.1) is 0 Å². The summed E-state index contributed by atoms with van der Waals surface area (Å²) in [5.41, 5.74) is -5.65. The standard InChI is InChI=1S/C13H19O2S.CHF3O3S/c1-11(14-2)15-12-8-9-16(10-12)13-6-4-3-5-7-13;2-1(3,4)8(5,6)7/h3-7,11-12H,8-10H2,1-2H3;(H,5,6,7)/q+1;/p-1. The van der Waals surface area contributed by atoms with Gasteiger partial charge in [-0.2, -0.15) is 13.2 Å². The van der Waals surface area contributed by atoms with E-state index in [1.54, 1.807) is 7.11 Å². The highest BCUT2D eigenvalue weighted by atomic mass is 32.2. The first-order valence-electron chi connectivity index (χ1n) is 6.97. The van der Waals surface area contributed by atoms with Gasteiger partial charge in [-0.25, -0.2) is 8.42 Å². The number of hydrogen-bond acceptors (Lipinski definition) is 5. The van der Waals surface area contributed by atoms with E-state index in [9.17, 15) is 13.2 Å². The van der Waals surface area contributed by atoms with Crippen molar-refractivity contribution in [1.29, 1.82) is 0 Å². The number of ether oxygens (including phenoxy) is 2. The minimum atomic E-state index is -6.09. The molecule has 0 N–H and O–H groups in total. The van der Waals surface area contributed by atoms with E-state index in [0.717, 1.165) is 12.2 Å². The van der Waals surface area contributed by atoms with Crippen molar-refractivity contribution >= 4 is 21.0 Å². The monoisotopic (exact) mass is 388 g/mol. The molecule has 0 radical (unpaired) electrons. The molecule has 1 heterocycles. The lowest BCUT2D eigenvalue weighted by Crippen LogP contribution is -2.22. The molecule has 1 aliphatic rings. The fraction of sp³-hybridized carbons (Fsp3) is 0.571. The van der Waals surface area contributed by atoms with Crippen LogP contribution in [-0.4, -0.2) is 49.5 Å². The Morgan fingerprint density at radius 2 is 1.83 bits per heavy atom. The van der Waals surface area contributed by atoms with E-state index < -0.39 is 15.6 Å². The molecule has 2 rings (SSSR count). The zero-order valence-corrected chi connectivity index (χ0v) is 14.8. The Morgan fingerprint density at radius 3 is 2.29 bits per heavy atom. The molecule has 5 nitrogen and oxygen atoms in total. The van der Waals surface area contributed by atoms with E-state index >= 15 is 0 Å². The van der Waals surface area contributed by atoms with E-state index in [0.29, 0.717) is 17.0 Å². The highest BCUT2D eigenvalue weighted by Gasteiger charge is 2.37. The van der Waals surface area contributed by atoms with Gasteiger partial charge in [-0.1, -0.05) is 18.2 Å². The van der Waals surface area contributed by atoms with Crippen LogP contribution in [0.2, 0.25) is 0 Å². The Labute approximate surface area is 142 Å². The molecule has 0 aromatic heterocycles. The third kappa shape index (κ3) is 6.98. The Balaban J connectivity index is 0.000000307. The number of rotatable bonds is 4. The first kappa shape index (κ1) is 21.2. The van der Waals surface area contributed by atoms with Crippen LogP contribution in [0.5, 0.6) is 0 Å². The van der Waals surface area contributed by atoms with Crippen molar-refractivity contribution in [1.82, 2.24) is 0 Å². The van der Waals surface area contributed by atoms with Crippen molar-refractivity contribution < 1.29 is 35.6 Å². The van der Waals surface area contributed by atoms with Gasteiger partial charge in [-0.3, -0.25) is 0 Å². The lowest BCUT2D eigenvalue weighted by molar-refractivity contribution is -0.136. The molecule has 1 fully saturated rings. The van der Waals surface area contributed by atoms with E-state index in [2.05, 4.69) is 30.3 Å². The van der Waals surface area contributed by atoms with Gasteiger partial charge in [0, 0.05) is 24.4 Å². The van der Waals surface area contributed by atoms with Gasteiger partial charge in [0.15, 0.2) is 21.3 Å². The van der Waals surface area contributed by atoms with Crippen LogP contribution in [0.15, 0.2) is 35.2 Å². The van der Waals surface area contributed by atoms with Crippen molar-refractivity contribution in [3.63, 3.8) is 0 Å². The van der Waals surface area contributed by atoms with Gasteiger partial charge in [0.2, 0.25) is 0 Å². The molecule has 10 heteroatoms. The first-order valence-corrected chi connectivity index (χ1v) is 9.94. The van der Waals surface area contributed by atoms with Crippen molar-refractivity contribution in [3.05, 3.63) is 30.3 Å². The van der Waals surface area contributed by atoms with Gasteiger partial charge in [-0.05, 0) is 19.1 Å². The molecule has 3 atom stereocenters. The van der Waals surface area contributed by atoms with E-state index in [1.165, 1.54) is 10.6 Å². The molecule has 1 aliphatic heterocycles. The van der Waals surface area contributed by atoms with Crippen molar-refractivity contribution in [2.24, 2.45) is 0 Å². The number of halogens is 3. The Kier molecular flexibility index (Phi) is 8.00. The topological polar surface area (TPSA) is 75.7 Å². The second kappa shape index (κ2) is 9.04. The molecule has 1 aromatic carbocycles. The SMILES string of the molecule is COC(C)OC1CC[S+](c2ccccc2)C1.O=S(=O)([O-])C(F)(F)F. The molecule has 0 aliphatic carbocycles. The summed E-state index contributed by atoms with van der Waals surface area (Å²) >= 11 is 0. The molecule has 1 saturated heterocycles. The van der Waals surface area contributed by atoms with E-state index in [-0.39, 0.29) is 6.29 Å². The Bertz CT molecular complexity index is 592. The van der Waals surface area contributed by atoms with Gasteiger partial charge < -0.3 is 14.0 Å². The predicted molar refractivity (Wildman–Crippen MR) is 83.5 cm³/mol. The van der Waals surface area contributed by atoms with Gasteiger partial charge in [0.05, 0.1) is 0 Å². The molecule has 3 unspecified atom stereocenters. The highest BCUT2D eigenvalue weighted by molar-refractivity contribution is 7.97. The lowest BCUT2D eigenvalue weighted by atomic mass is 10.3. The van der Waals surface area contributed by atoms with Crippen LogP contribution < -0.4 is 0 Å².